The van der Waals surface area contributed by atoms with Crippen molar-refractivity contribution in [1.82, 2.24) is 4.31 Å². The van der Waals surface area contributed by atoms with Crippen molar-refractivity contribution in [3.8, 4) is 0 Å². The van der Waals surface area contributed by atoms with Gasteiger partial charge in [-0.3, -0.25) is 0 Å². The van der Waals surface area contributed by atoms with E-state index < -0.39 is 10.0 Å². The van der Waals surface area contributed by atoms with Crippen molar-refractivity contribution >= 4 is 10.0 Å². The van der Waals surface area contributed by atoms with Gasteiger partial charge < -0.3 is 4.90 Å². The van der Waals surface area contributed by atoms with Crippen LogP contribution in [0.2, 0.25) is 0 Å². The summed E-state index contributed by atoms with van der Waals surface area (Å²) in [7, 11) is -2.97. The van der Waals surface area contributed by atoms with Gasteiger partial charge in [0.05, 0.1) is 38.5 Å². The van der Waals surface area contributed by atoms with Crippen molar-refractivity contribution in [3.05, 3.63) is 0 Å². The second kappa shape index (κ2) is 5.24. The van der Waals surface area contributed by atoms with Crippen LogP contribution in [0.25, 0.3) is 0 Å². The minimum Gasteiger partial charge on any atom is -0.330 e. The minimum atomic E-state index is -2.97. The molecular weight excluding hydrogens is 236 g/mol. The van der Waals surface area contributed by atoms with Crippen LogP contribution in [-0.2, 0) is 10.0 Å². The molecule has 0 radical (unpaired) electrons. The van der Waals surface area contributed by atoms with Gasteiger partial charge in [0.25, 0.3) is 0 Å². The average Bonchev–Trinajstić information content (AvgIpc) is 2.29. The minimum absolute atomic E-state index is 0.709. The highest BCUT2D eigenvalue weighted by Gasteiger charge is 2.32. The summed E-state index contributed by atoms with van der Waals surface area (Å²) in [5.41, 5.74) is 0. The average molecular weight is 261 g/mol. The van der Waals surface area contributed by atoms with Crippen LogP contribution < -0.4 is 4.90 Å². The number of piperazine rings is 1. The number of nitrogens with one attached hydrogen (secondary N) is 1. The van der Waals surface area contributed by atoms with Crippen LogP contribution in [0.5, 0.6) is 0 Å². The van der Waals surface area contributed by atoms with Gasteiger partial charge in [0.1, 0.15) is 0 Å². The van der Waals surface area contributed by atoms with E-state index in [1.165, 1.54) is 31.9 Å². The van der Waals surface area contributed by atoms with Gasteiger partial charge in [0.2, 0.25) is 10.0 Å². The van der Waals surface area contributed by atoms with E-state index in [9.17, 15) is 8.42 Å². The van der Waals surface area contributed by atoms with E-state index >= 15 is 0 Å². The van der Waals surface area contributed by atoms with E-state index in [0.29, 0.717) is 13.1 Å². The summed E-state index contributed by atoms with van der Waals surface area (Å²) in [5, 5.41) is 0. The van der Waals surface area contributed by atoms with Crippen LogP contribution in [0.4, 0.5) is 0 Å². The summed E-state index contributed by atoms with van der Waals surface area (Å²) >= 11 is 0. The molecule has 2 aliphatic rings. The number of quaternary nitrogens is 1. The Morgan fingerprint density at radius 2 is 1.59 bits per heavy atom. The van der Waals surface area contributed by atoms with Crippen LogP contribution in [0.15, 0.2) is 0 Å². The number of rotatable bonds is 2. The molecule has 2 fully saturated rings. The quantitative estimate of drug-likeness (QED) is 0.743. The number of sulfonamides is 1. The first-order chi connectivity index (χ1) is 7.97. The topological polar surface area (TPSA) is 41.8 Å². The van der Waals surface area contributed by atoms with E-state index in [-0.39, 0.29) is 0 Å². The molecule has 0 aromatic rings. The van der Waals surface area contributed by atoms with Gasteiger partial charge in [0, 0.05) is 0 Å². The molecule has 1 saturated carbocycles. The van der Waals surface area contributed by atoms with Gasteiger partial charge in [-0.1, -0.05) is 6.92 Å². The molecule has 1 saturated heterocycles. The third kappa shape index (κ3) is 3.42. The molecule has 2 rings (SSSR count). The highest BCUT2D eigenvalue weighted by atomic mass is 32.2. The molecule has 17 heavy (non-hydrogen) atoms. The first-order valence-electron chi connectivity index (χ1n) is 6.76. The Hall–Kier alpha value is -0.130. The van der Waals surface area contributed by atoms with Gasteiger partial charge in [-0.25, -0.2) is 8.42 Å². The monoisotopic (exact) mass is 261 g/mol. The zero-order valence-electron chi connectivity index (χ0n) is 11.0. The van der Waals surface area contributed by atoms with Gasteiger partial charge in [-0.05, 0) is 31.6 Å². The number of nitrogens with zero attached hydrogens (tertiary/aromatic N) is 1. The molecule has 1 aliphatic carbocycles. The first-order valence-corrected chi connectivity index (χ1v) is 8.61. The third-order valence-electron chi connectivity index (χ3n) is 4.43. The summed E-state index contributed by atoms with van der Waals surface area (Å²) in [6.45, 7) is 5.74. The standard InChI is InChI=1S/C12H24N2O2S/c1-11-3-5-12(6-4-11)13-7-9-14(10-8-13)17(2,15)16/h11-12H,3-10H2,1-2H3/p+1. The molecular formula is C12H25N2O2S+. The predicted molar refractivity (Wildman–Crippen MR) is 68.5 cm³/mol. The molecule has 0 amide bonds. The lowest BCUT2D eigenvalue weighted by atomic mass is 9.86. The van der Waals surface area contributed by atoms with Crippen LogP contribution >= 0.6 is 0 Å². The fraction of sp³-hybridized carbons (Fsp3) is 1.00. The van der Waals surface area contributed by atoms with Crippen molar-refractivity contribution in [2.24, 2.45) is 5.92 Å². The fourth-order valence-corrected chi connectivity index (χ4v) is 4.03. The largest absolute Gasteiger partial charge is 0.330 e. The molecule has 5 heteroatoms. The predicted octanol–water partition coefficient (Wildman–Crippen LogP) is -0.275. The molecule has 0 unspecified atom stereocenters. The van der Waals surface area contributed by atoms with E-state index in [1.807, 2.05) is 0 Å². The zero-order chi connectivity index (χ0) is 12.5. The fourth-order valence-electron chi connectivity index (χ4n) is 3.18. The molecule has 100 valence electrons. The highest BCUT2D eigenvalue weighted by Crippen LogP contribution is 2.22. The second-order valence-corrected chi connectivity index (χ2v) is 7.76. The normalized spacial score (nSPS) is 33.8. The molecule has 0 aromatic carbocycles. The van der Waals surface area contributed by atoms with Crippen LogP contribution in [0, 0.1) is 5.92 Å². The summed E-state index contributed by atoms with van der Waals surface area (Å²) in [4.78, 5) is 1.64. The Kier molecular flexibility index (Phi) is 4.10. The summed E-state index contributed by atoms with van der Waals surface area (Å²) in [6.07, 6.45) is 6.68. The summed E-state index contributed by atoms with van der Waals surface area (Å²) < 4.78 is 24.5. The Morgan fingerprint density at radius 1 is 1.06 bits per heavy atom. The molecule has 0 spiro atoms. The van der Waals surface area contributed by atoms with Crippen molar-refractivity contribution < 1.29 is 13.3 Å². The van der Waals surface area contributed by atoms with Gasteiger partial charge in [-0.15, -0.1) is 0 Å². The molecule has 1 aliphatic heterocycles. The maximum Gasteiger partial charge on any atom is 0.211 e. The smallest absolute Gasteiger partial charge is 0.211 e. The molecule has 0 atom stereocenters. The first kappa shape index (κ1) is 13.3. The van der Waals surface area contributed by atoms with Crippen molar-refractivity contribution in [2.75, 3.05) is 32.4 Å². The second-order valence-electron chi connectivity index (χ2n) is 5.78. The Bertz CT molecular complexity index is 340. The van der Waals surface area contributed by atoms with E-state index in [0.717, 1.165) is 25.0 Å². The lowest BCUT2D eigenvalue weighted by Gasteiger charge is -2.38. The lowest BCUT2D eigenvalue weighted by molar-refractivity contribution is -0.930. The SMILES string of the molecule is CC1CCC([NH+]2CCN(S(C)(=O)=O)CC2)CC1. The highest BCUT2D eigenvalue weighted by molar-refractivity contribution is 7.88. The maximum absolute atomic E-state index is 11.4. The van der Waals surface area contributed by atoms with Crippen LogP contribution in [0.1, 0.15) is 32.6 Å². The third-order valence-corrected chi connectivity index (χ3v) is 5.73. The number of hydrogen-bond donors (Lipinski definition) is 1. The molecule has 1 heterocycles. The van der Waals surface area contributed by atoms with Gasteiger partial charge in [0.15, 0.2) is 0 Å². The van der Waals surface area contributed by atoms with Crippen LogP contribution in [-0.4, -0.2) is 51.2 Å². The van der Waals surface area contributed by atoms with Crippen LogP contribution in [0.3, 0.4) is 0 Å². The Morgan fingerprint density at radius 3 is 2.06 bits per heavy atom. The van der Waals surface area contributed by atoms with E-state index in [4.69, 9.17) is 0 Å². The Balaban J connectivity index is 1.83. The van der Waals surface area contributed by atoms with Crippen molar-refractivity contribution in [3.63, 3.8) is 0 Å². The van der Waals surface area contributed by atoms with E-state index in [2.05, 4.69) is 6.92 Å². The molecule has 1 N–H and O–H groups in total. The maximum atomic E-state index is 11.4. The van der Waals surface area contributed by atoms with Gasteiger partial charge in [-0.2, -0.15) is 4.31 Å². The van der Waals surface area contributed by atoms with Crippen molar-refractivity contribution in [2.45, 2.75) is 38.6 Å². The Labute approximate surface area is 105 Å². The van der Waals surface area contributed by atoms with Gasteiger partial charge >= 0.3 is 0 Å². The molecule has 0 bridgehead atoms. The van der Waals surface area contributed by atoms with E-state index in [1.54, 1.807) is 9.21 Å². The van der Waals surface area contributed by atoms with Crippen molar-refractivity contribution in [1.29, 1.82) is 0 Å². The lowest BCUT2D eigenvalue weighted by Crippen LogP contribution is -3.18. The molecule has 4 nitrogen and oxygen atoms in total. The summed E-state index contributed by atoms with van der Waals surface area (Å²) in [6, 6.07) is 0.785. The molecule has 0 aromatic heterocycles. The zero-order valence-corrected chi connectivity index (χ0v) is 11.8. The number of hydrogen-bond acceptors (Lipinski definition) is 2. The summed E-state index contributed by atoms with van der Waals surface area (Å²) in [5.74, 6) is 0.892.